The van der Waals surface area contributed by atoms with E-state index in [-0.39, 0.29) is 17.2 Å². The zero-order valence-corrected chi connectivity index (χ0v) is 14.1. The minimum atomic E-state index is -3.85. The van der Waals surface area contributed by atoms with Gasteiger partial charge in [-0.05, 0) is 24.1 Å². The molecule has 25 heavy (non-hydrogen) atoms. The third-order valence-electron chi connectivity index (χ3n) is 3.39. The quantitative estimate of drug-likeness (QED) is 0.566. The first kappa shape index (κ1) is 18.3. The molecule has 0 heterocycles. The SMILES string of the molecule is CCc1ccc(Oc2ccc([N+](=O)[O-])cc2S(C)(=O)=O)c([N+](=O)[O-])c1. The van der Waals surface area contributed by atoms with Crippen LogP contribution in [0.25, 0.3) is 0 Å². The molecule has 0 radical (unpaired) electrons. The minimum Gasteiger partial charge on any atom is -0.449 e. The lowest BCUT2D eigenvalue weighted by Crippen LogP contribution is -2.03. The van der Waals surface area contributed by atoms with Crippen LogP contribution in [-0.4, -0.2) is 24.5 Å². The Morgan fingerprint density at radius 2 is 1.64 bits per heavy atom. The topological polar surface area (TPSA) is 130 Å². The highest BCUT2D eigenvalue weighted by atomic mass is 32.2. The number of aryl methyl sites for hydroxylation is 1. The van der Waals surface area contributed by atoms with E-state index in [1.807, 2.05) is 6.92 Å². The molecule has 9 nitrogen and oxygen atoms in total. The van der Waals surface area contributed by atoms with Crippen LogP contribution < -0.4 is 4.74 Å². The Labute approximate surface area is 143 Å². The summed E-state index contributed by atoms with van der Waals surface area (Å²) in [6, 6.07) is 7.35. The Hall–Kier alpha value is -3.01. The standard InChI is InChI=1S/C15H14N2O7S/c1-3-10-4-6-13(12(8-10)17(20)21)24-14-7-5-11(16(18)19)9-15(14)25(2,22)23/h4-9H,3H2,1-2H3. The molecule has 2 aromatic carbocycles. The normalized spacial score (nSPS) is 11.1. The number of benzene rings is 2. The molecule has 0 atom stereocenters. The number of rotatable bonds is 6. The van der Waals surface area contributed by atoms with Crippen molar-refractivity contribution in [1.29, 1.82) is 0 Å². The zero-order chi connectivity index (χ0) is 18.8. The van der Waals surface area contributed by atoms with Gasteiger partial charge in [0.2, 0.25) is 5.75 Å². The predicted molar refractivity (Wildman–Crippen MR) is 88.8 cm³/mol. The van der Waals surface area contributed by atoms with Crippen molar-refractivity contribution in [2.45, 2.75) is 18.2 Å². The molecule has 2 rings (SSSR count). The molecule has 0 saturated carbocycles. The number of hydrogen-bond acceptors (Lipinski definition) is 7. The molecule has 0 aliphatic carbocycles. The summed E-state index contributed by atoms with van der Waals surface area (Å²) in [5, 5.41) is 22.1. The van der Waals surface area contributed by atoms with Crippen LogP contribution in [0, 0.1) is 20.2 Å². The van der Waals surface area contributed by atoms with Gasteiger partial charge in [-0.1, -0.05) is 13.0 Å². The number of ether oxygens (including phenoxy) is 1. The maximum Gasteiger partial charge on any atom is 0.311 e. The molecule has 132 valence electrons. The Morgan fingerprint density at radius 3 is 2.16 bits per heavy atom. The summed E-state index contributed by atoms with van der Waals surface area (Å²) < 4.78 is 29.2. The van der Waals surface area contributed by atoms with Gasteiger partial charge in [0.25, 0.3) is 5.69 Å². The summed E-state index contributed by atoms with van der Waals surface area (Å²) in [5.74, 6) is -0.374. The maximum absolute atomic E-state index is 11.9. The van der Waals surface area contributed by atoms with Crippen LogP contribution in [0.15, 0.2) is 41.3 Å². The van der Waals surface area contributed by atoms with E-state index in [0.717, 1.165) is 24.5 Å². The second-order valence-electron chi connectivity index (χ2n) is 5.18. The highest BCUT2D eigenvalue weighted by Crippen LogP contribution is 2.36. The highest BCUT2D eigenvalue weighted by Gasteiger charge is 2.23. The van der Waals surface area contributed by atoms with Crippen LogP contribution in [-0.2, 0) is 16.3 Å². The van der Waals surface area contributed by atoms with E-state index >= 15 is 0 Å². The van der Waals surface area contributed by atoms with Gasteiger partial charge in [-0.2, -0.15) is 0 Å². The lowest BCUT2D eigenvalue weighted by Gasteiger charge is -2.11. The fourth-order valence-electron chi connectivity index (χ4n) is 2.11. The second kappa shape index (κ2) is 6.85. The minimum absolute atomic E-state index is 0.152. The second-order valence-corrected chi connectivity index (χ2v) is 7.16. The van der Waals surface area contributed by atoms with Crippen LogP contribution in [0.1, 0.15) is 12.5 Å². The van der Waals surface area contributed by atoms with Crippen molar-refractivity contribution in [2.24, 2.45) is 0 Å². The van der Waals surface area contributed by atoms with Crippen LogP contribution >= 0.6 is 0 Å². The van der Waals surface area contributed by atoms with Gasteiger partial charge in [0, 0.05) is 24.5 Å². The van der Waals surface area contributed by atoms with Gasteiger partial charge in [-0.3, -0.25) is 20.2 Å². The molecule has 2 aromatic rings. The van der Waals surface area contributed by atoms with E-state index in [1.165, 1.54) is 12.1 Å². The summed E-state index contributed by atoms with van der Waals surface area (Å²) >= 11 is 0. The smallest absolute Gasteiger partial charge is 0.311 e. The first-order chi connectivity index (χ1) is 11.6. The molecular weight excluding hydrogens is 352 g/mol. The van der Waals surface area contributed by atoms with E-state index in [4.69, 9.17) is 4.74 Å². The first-order valence-corrected chi connectivity index (χ1v) is 8.96. The van der Waals surface area contributed by atoms with Gasteiger partial charge in [0.05, 0.1) is 9.85 Å². The average Bonchev–Trinajstić information content (AvgIpc) is 2.54. The third-order valence-corrected chi connectivity index (χ3v) is 4.50. The highest BCUT2D eigenvalue weighted by molar-refractivity contribution is 7.90. The third kappa shape index (κ3) is 4.10. The van der Waals surface area contributed by atoms with Crippen molar-refractivity contribution in [3.05, 3.63) is 62.2 Å². The summed E-state index contributed by atoms with van der Waals surface area (Å²) in [5.41, 5.74) is -0.0353. The van der Waals surface area contributed by atoms with Crippen LogP contribution in [0.3, 0.4) is 0 Å². The van der Waals surface area contributed by atoms with Crippen LogP contribution in [0.4, 0.5) is 11.4 Å². The van der Waals surface area contributed by atoms with Crippen molar-refractivity contribution >= 4 is 21.2 Å². The number of hydrogen-bond donors (Lipinski definition) is 0. The lowest BCUT2D eigenvalue weighted by molar-refractivity contribution is -0.385. The van der Waals surface area contributed by atoms with Gasteiger partial charge in [-0.25, -0.2) is 8.42 Å². The molecule has 0 aromatic heterocycles. The number of sulfone groups is 1. The van der Waals surface area contributed by atoms with Gasteiger partial charge in [0.1, 0.15) is 10.6 Å². The number of nitrogens with zero attached hydrogens (tertiary/aromatic N) is 2. The van der Waals surface area contributed by atoms with Crippen molar-refractivity contribution in [1.82, 2.24) is 0 Å². The molecule has 0 fully saturated rings. The van der Waals surface area contributed by atoms with Gasteiger partial charge in [-0.15, -0.1) is 0 Å². The van der Waals surface area contributed by atoms with Crippen LogP contribution in [0.2, 0.25) is 0 Å². The zero-order valence-electron chi connectivity index (χ0n) is 13.3. The molecule has 0 spiro atoms. The summed E-state index contributed by atoms with van der Waals surface area (Å²) in [6.45, 7) is 1.83. The van der Waals surface area contributed by atoms with Crippen LogP contribution in [0.5, 0.6) is 11.5 Å². The Bertz CT molecular complexity index is 954. The molecule has 0 N–H and O–H groups in total. The van der Waals surface area contributed by atoms with Crippen molar-refractivity contribution in [2.75, 3.05) is 6.26 Å². The van der Waals surface area contributed by atoms with Gasteiger partial charge in [0.15, 0.2) is 9.84 Å². The molecular formula is C15H14N2O7S. The number of non-ortho nitro benzene ring substituents is 1. The van der Waals surface area contributed by atoms with E-state index < -0.39 is 30.3 Å². The fourth-order valence-corrected chi connectivity index (χ4v) is 2.92. The predicted octanol–water partition coefficient (Wildman–Crippen LogP) is 3.26. The Kier molecular flexibility index (Phi) is 5.02. The molecule has 0 aliphatic rings. The summed E-state index contributed by atoms with van der Waals surface area (Å²) in [4.78, 5) is 20.3. The monoisotopic (exact) mass is 366 g/mol. The fraction of sp³-hybridized carbons (Fsp3) is 0.200. The molecule has 0 unspecified atom stereocenters. The Morgan fingerprint density at radius 1 is 1.00 bits per heavy atom. The lowest BCUT2D eigenvalue weighted by atomic mass is 10.1. The van der Waals surface area contributed by atoms with Crippen molar-refractivity contribution in [3.63, 3.8) is 0 Å². The summed E-state index contributed by atoms with van der Waals surface area (Å²) in [7, 11) is -3.85. The van der Waals surface area contributed by atoms with E-state index in [0.29, 0.717) is 12.0 Å². The molecule has 0 amide bonds. The van der Waals surface area contributed by atoms with E-state index in [2.05, 4.69) is 0 Å². The van der Waals surface area contributed by atoms with E-state index in [1.54, 1.807) is 6.07 Å². The van der Waals surface area contributed by atoms with Crippen molar-refractivity contribution < 1.29 is 23.0 Å². The average molecular weight is 366 g/mol. The maximum atomic E-state index is 11.9. The largest absolute Gasteiger partial charge is 0.449 e. The van der Waals surface area contributed by atoms with Crippen molar-refractivity contribution in [3.8, 4) is 11.5 Å². The molecule has 10 heteroatoms. The summed E-state index contributed by atoms with van der Waals surface area (Å²) in [6.07, 6.45) is 1.45. The Balaban J connectivity index is 2.58. The number of nitro groups is 2. The number of nitro benzene ring substituents is 2. The molecule has 0 aliphatic heterocycles. The molecule has 0 bridgehead atoms. The van der Waals surface area contributed by atoms with Gasteiger partial charge >= 0.3 is 5.69 Å². The van der Waals surface area contributed by atoms with E-state index in [9.17, 15) is 28.6 Å². The first-order valence-electron chi connectivity index (χ1n) is 7.07. The molecule has 0 saturated heterocycles. The van der Waals surface area contributed by atoms with Gasteiger partial charge < -0.3 is 4.74 Å².